The summed E-state index contributed by atoms with van der Waals surface area (Å²) in [4.78, 5) is 19.6. The van der Waals surface area contributed by atoms with Crippen LogP contribution in [0, 0.1) is 5.92 Å². The van der Waals surface area contributed by atoms with Crippen LogP contribution >= 0.6 is 7.82 Å². The molecule has 1 aliphatic carbocycles. The molecule has 0 aromatic heterocycles. The lowest BCUT2D eigenvalue weighted by Gasteiger charge is -2.21. The van der Waals surface area contributed by atoms with Crippen molar-refractivity contribution in [1.82, 2.24) is 4.90 Å². The first-order valence-electron chi connectivity index (χ1n) is 7.38. The first-order chi connectivity index (χ1) is 10.5. The summed E-state index contributed by atoms with van der Waals surface area (Å²) in [6, 6.07) is 14.9. The van der Waals surface area contributed by atoms with E-state index < -0.39 is 7.82 Å². The highest BCUT2D eigenvalue weighted by Gasteiger charge is 2.60. The van der Waals surface area contributed by atoms with Crippen LogP contribution in [0.3, 0.4) is 0 Å². The highest BCUT2D eigenvalue weighted by Crippen LogP contribution is 2.59. The van der Waals surface area contributed by atoms with Crippen LogP contribution in [0.15, 0.2) is 42.5 Å². The highest BCUT2D eigenvalue weighted by molar-refractivity contribution is 7.46. The van der Waals surface area contributed by atoms with E-state index in [1.807, 2.05) is 17.0 Å². The number of hydrogen-bond acceptors (Lipinski definition) is 3. The van der Waals surface area contributed by atoms with Gasteiger partial charge in [-0.3, -0.25) is 9.42 Å². The minimum atomic E-state index is -4.39. The SMILES string of the molecule is O=P(O)(O)OCN1C[C@H]2C[C@@]2(c2ccc3ccccc3c2)C1. The maximum absolute atomic E-state index is 10.8. The Labute approximate surface area is 128 Å². The van der Waals surface area contributed by atoms with Crippen molar-refractivity contribution in [2.45, 2.75) is 11.8 Å². The number of nitrogens with zero attached hydrogens (tertiary/aromatic N) is 1. The van der Waals surface area contributed by atoms with Gasteiger partial charge in [-0.25, -0.2) is 4.57 Å². The molecule has 2 fully saturated rings. The second-order valence-electron chi connectivity index (χ2n) is 6.38. The van der Waals surface area contributed by atoms with Crippen LogP contribution in [0.1, 0.15) is 12.0 Å². The van der Waals surface area contributed by atoms with Crippen LogP contribution in [0.2, 0.25) is 0 Å². The fraction of sp³-hybridized carbons (Fsp3) is 0.375. The molecule has 2 N–H and O–H groups in total. The van der Waals surface area contributed by atoms with Gasteiger partial charge in [0.1, 0.15) is 6.73 Å². The summed E-state index contributed by atoms with van der Waals surface area (Å²) >= 11 is 0. The molecule has 2 aromatic carbocycles. The van der Waals surface area contributed by atoms with Crippen LogP contribution in [-0.4, -0.2) is 34.5 Å². The number of hydrogen-bond donors (Lipinski definition) is 2. The molecule has 22 heavy (non-hydrogen) atoms. The zero-order valence-corrected chi connectivity index (χ0v) is 12.9. The van der Waals surface area contributed by atoms with Crippen LogP contribution in [0.4, 0.5) is 0 Å². The van der Waals surface area contributed by atoms with Gasteiger partial charge in [0, 0.05) is 18.5 Å². The third-order valence-electron chi connectivity index (χ3n) is 4.95. The number of benzene rings is 2. The first kappa shape index (κ1) is 14.4. The van der Waals surface area contributed by atoms with E-state index in [0.717, 1.165) is 19.5 Å². The first-order valence-corrected chi connectivity index (χ1v) is 8.91. The molecular formula is C16H18NO4P. The Hall–Kier alpha value is -1.23. The predicted octanol–water partition coefficient (Wildman–Crippen LogP) is 2.48. The molecule has 0 radical (unpaired) electrons. The third-order valence-corrected chi connectivity index (χ3v) is 5.40. The molecule has 0 amide bonds. The molecule has 2 aromatic rings. The lowest BCUT2D eigenvalue weighted by Crippen LogP contribution is -2.28. The lowest BCUT2D eigenvalue weighted by atomic mass is 9.93. The summed E-state index contributed by atoms with van der Waals surface area (Å²) in [5, 5.41) is 2.48. The standard InChI is InChI=1S/C16H18NO4P/c18-22(19,20)21-11-17-9-15-8-16(15,10-17)14-6-5-12-3-1-2-4-13(12)7-14/h1-7,15H,8-11H2,(H2,18,19,20)/t15-,16+/m1/s1. The second-order valence-corrected chi connectivity index (χ2v) is 7.62. The van der Waals surface area contributed by atoms with Gasteiger partial charge < -0.3 is 9.79 Å². The van der Waals surface area contributed by atoms with Crippen molar-refractivity contribution in [1.29, 1.82) is 0 Å². The number of rotatable bonds is 4. The van der Waals surface area contributed by atoms with Crippen LogP contribution in [0.5, 0.6) is 0 Å². The molecular weight excluding hydrogens is 301 g/mol. The van der Waals surface area contributed by atoms with Crippen molar-refractivity contribution in [3.63, 3.8) is 0 Å². The zero-order chi connectivity index (χ0) is 15.4. The third kappa shape index (κ3) is 2.49. The second kappa shape index (κ2) is 4.88. The maximum atomic E-state index is 10.8. The maximum Gasteiger partial charge on any atom is 0.470 e. The van der Waals surface area contributed by atoms with Gasteiger partial charge in [-0.1, -0.05) is 42.5 Å². The van der Waals surface area contributed by atoms with Crippen molar-refractivity contribution in [2.24, 2.45) is 5.92 Å². The predicted molar refractivity (Wildman–Crippen MR) is 83.3 cm³/mol. The average molecular weight is 319 g/mol. The molecule has 1 saturated carbocycles. The van der Waals surface area contributed by atoms with Gasteiger partial charge in [0.2, 0.25) is 0 Å². The summed E-state index contributed by atoms with van der Waals surface area (Å²) in [7, 11) is -4.39. The van der Waals surface area contributed by atoms with Gasteiger partial charge in [-0.2, -0.15) is 0 Å². The fourth-order valence-electron chi connectivity index (χ4n) is 3.79. The molecule has 1 saturated heterocycles. The summed E-state index contributed by atoms with van der Waals surface area (Å²) in [6.45, 7) is 1.64. The van der Waals surface area contributed by atoms with E-state index in [9.17, 15) is 4.57 Å². The van der Waals surface area contributed by atoms with E-state index in [2.05, 4.69) is 34.9 Å². The van der Waals surface area contributed by atoms with E-state index in [1.54, 1.807) is 0 Å². The highest BCUT2D eigenvalue weighted by atomic mass is 31.2. The Morgan fingerprint density at radius 2 is 2.00 bits per heavy atom. The molecule has 0 bridgehead atoms. The molecule has 5 nitrogen and oxygen atoms in total. The Morgan fingerprint density at radius 3 is 2.77 bits per heavy atom. The minimum Gasteiger partial charge on any atom is -0.303 e. The molecule has 0 spiro atoms. The van der Waals surface area contributed by atoms with Crippen molar-refractivity contribution >= 4 is 18.6 Å². The Morgan fingerprint density at radius 1 is 1.23 bits per heavy atom. The van der Waals surface area contributed by atoms with Crippen molar-refractivity contribution < 1.29 is 18.9 Å². The van der Waals surface area contributed by atoms with Gasteiger partial charge in [-0.05, 0) is 28.7 Å². The minimum absolute atomic E-state index is 0.00386. The van der Waals surface area contributed by atoms with Gasteiger partial charge in [0.05, 0.1) is 0 Å². The summed E-state index contributed by atoms with van der Waals surface area (Å²) in [5.41, 5.74) is 1.47. The zero-order valence-electron chi connectivity index (χ0n) is 12.1. The average Bonchev–Trinajstić information content (AvgIpc) is 3.07. The van der Waals surface area contributed by atoms with Crippen LogP contribution in [0.25, 0.3) is 10.8 Å². The topological polar surface area (TPSA) is 70.0 Å². The van der Waals surface area contributed by atoms with E-state index in [-0.39, 0.29) is 12.1 Å². The lowest BCUT2D eigenvalue weighted by molar-refractivity contribution is 0.0988. The van der Waals surface area contributed by atoms with Crippen LogP contribution < -0.4 is 0 Å². The number of fused-ring (bicyclic) bond motifs is 2. The molecule has 1 aliphatic heterocycles. The smallest absolute Gasteiger partial charge is 0.303 e. The van der Waals surface area contributed by atoms with Gasteiger partial charge in [0.15, 0.2) is 0 Å². The molecule has 116 valence electrons. The van der Waals surface area contributed by atoms with Gasteiger partial charge in [0.25, 0.3) is 0 Å². The normalized spacial score (nSPS) is 28.0. The Bertz CT molecular complexity index is 774. The molecule has 1 heterocycles. The number of phosphoric ester groups is 1. The molecule has 4 rings (SSSR count). The van der Waals surface area contributed by atoms with E-state index in [4.69, 9.17) is 9.79 Å². The molecule has 0 unspecified atom stereocenters. The molecule has 2 aliphatic rings. The van der Waals surface area contributed by atoms with E-state index >= 15 is 0 Å². The van der Waals surface area contributed by atoms with Crippen LogP contribution in [-0.2, 0) is 14.5 Å². The number of piperidine rings is 1. The van der Waals surface area contributed by atoms with E-state index in [1.165, 1.54) is 16.3 Å². The van der Waals surface area contributed by atoms with Crippen molar-refractivity contribution in [3.8, 4) is 0 Å². The van der Waals surface area contributed by atoms with Crippen molar-refractivity contribution in [3.05, 3.63) is 48.0 Å². The summed E-state index contributed by atoms with van der Waals surface area (Å²) < 4.78 is 15.4. The quantitative estimate of drug-likeness (QED) is 0.847. The molecule has 6 heteroatoms. The Balaban J connectivity index is 1.54. The van der Waals surface area contributed by atoms with E-state index in [0.29, 0.717) is 5.92 Å². The fourth-order valence-corrected chi connectivity index (χ4v) is 4.10. The number of phosphoric acid groups is 1. The largest absolute Gasteiger partial charge is 0.470 e. The van der Waals surface area contributed by atoms with Gasteiger partial charge >= 0.3 is 7.82 Å². The summed E-state index contributed by atoms with van der Waals surface area (Å²) in [5.74, 6) is 0.564. The number of likely N-dealkylation sites (tertiary alicyclic amines) is 1. The van der Waals surface area contributed by atoms with Crippen molar-refractivity contribution in [2.75, 3.05) is 19.8 Å². The summed E-state index contributed by atoms with van der Waals surface area (Å²) in [6.07, 6.45) is 1.15. The monoisotopic (exact) mass is 319 g/mol. The van der Waals surface area contributed by atoms with Gasteiger partial charge in [-0.15, -0.1) is 0 Å². The Kier molecular flexibility index (Phi) is 3.19. The molecule has 2 atom stereocenters.